The van der Waals surface area contributed by atoms with E-state index in [1.165, 1.54) is 13.2 Å². The quantitative estimate of drug-likeness (QED) is 0.178. The van der Waals surface area contributed by atoms with Crippen molar-refractivity contribution >= 4 is 33.9 Å². The van der Waals surface area contributed by atoms with E-state index < -0.39 is 5.97 Å². The number of carbonyl (C=O) groups is 1. The number of ether oxygens (including phenoxy) is 3. The molecule has 0 saturated heterocycles. The van der Waals surface area contributed by atoms with Gasteiger partial charge in [0, 0.05) is 11.1 Å². The molecule has 0 atom stereocenters. The maximum atomic E-state index is 14.0. The Hall–Kier alpha value is -4.23. The molecule has 37 heavy (non-hydrogen) atoms. The number of nitrogens with zero attached hydrogens (tertiary/aromatic N) is 1. The van der Waals surface area contributed by atoms with Crippen molar-refractivity contribution in [2.45, 2.75) is 6.61 Å². The first-order chi connectivity index (χ1) is 18.0. The van der Waals surface area contributed by atoms with Crippen LogP contribution in [0.3, 0.4) is 0 Å². The number of esters is 1. The van der Waals surface area contributed by atoms with E-state index in [2.05, 4.69) is 20.9 Å². The lowest BCUT2D eigenvalue weighted by atomic mass is 10.0. The monoisotopic (exact) mass is 557 g/mol. The Balaban J connectivity index is 1.37. The summed E-state index contributed by atoms with van der Waals surface area (Å²) in [5.41, 5.74) is 4.09. The molecule has 0 amide bonds. The second-order valence-corrected chi connectivity index (χ2v) is 9.05. The number of rotatable bonds is 7. The zero-order valence-electron chi connectivity index (χ0n) is 19.8. The molecule has 0 unspecified atom stereocenters. The molecule has 0 bridgehead atoms. The van der Waals surface area contributed by atoms with E-state index in [0.717, 1.165) is 11.1 Å². The highest BCUT2D eigenvalue weighted by molar-refractivity contribution is 9.10. The van der Waals surface area contributed by atoms with Crippen LogP contribution in [0.2, 0.25) is 0 Å². The van der Waals surface area contributed by atoms with Gasteiger partial charge in [-0.1, -0.05) is 60.7 Å². The molecule has 7 heteroatoms. The van der Waals surface area contributed by atoms with Crippen molar-refractivity contribution < 1.29 is 23.4 Å². The van der Waals surface area contributed by atoms with E-state index in [9.17, 15) is 9.18 Å². The van der Waals surface area contributed by atoms with E-state index >= 15 is 0 Å². The summed E-state index contributed by atoms with van der Waals surface area (Å²) in [7, 11) is 1.51. The number of hydrogen-bond acceptors (Lipinski definition) is 5. The molecular formula is C30H21BrFNO4. The Kier molecular flexibility index (Phi) is 7.14. The molecular weight excluding hydrogens is 537 g/mol. The van der Waals surface area contributed by atoms with E-state index in [1.807, 2.05) is 54.6 Å². The van der Waals surface area contributed by atoms with Crippen molar-refractivity contribution in [3.05, 3.63) is 124 Å². The van der Waals surface area contributed by atoms with Gasteiger partial charge in [-0.2, -0.15) is 0 Å². The van der Waals surface area contributed by atoms with Gasteiger partial charge in [-0.3, -0.25) is 0 Å². The molecule has 184 valence electrons. The minimum absolute atomic E-state index is 0.0328. The number of benzene rings is 4. The Bertz CT molecular complexity index is 1510. The summed E-state index contributed by atoms with van der Waals surface area (Å²) in [5.74, 6) is 0.195. The van der Waals surface area contributed by atoms with Crippen molar-refractivity contribution in [2.24, 2.45) is 4.99 Å². The topological polar surface area (TPSA) is 57.1 Å². The highest BCUT2D eigenvalue weighted by Crippen LogP contribution is 2.38. The maximum Gasteiger partial charge on any atom is 0.363 e. The lowest BCUT2D eigenvalue weighted by molar-refractivity contribution is -0.129. The molecule has 4 aromatic rings. The van der Waals surface area contributed by atoms with Gasteiger partial charge in [0.25, 0.3) is 0 Å². The lowest BCUT2D eigenvalue weighted by Gasteiger charge is -2.14. The van der Waals surface area contributed by atoms with Crippen LogP contribution < -0.4 is 9.47 Å². The molecule has 0 spiro atoms. The molecule has 0 aliphatic carbocycles. The number of halogens is 2. The first kappa shape index (κ1) is 24.5. The third-order valence-electron chi connectivity index (χ3n) is 5.74. The normalized spacial score (nSPS) is 13.9. The fourth-order valence-corrected chi connectivity index (χ4v) is 4.43. The fraction of sp³-hybridized carbons (Fsp3) is 0.0667. The minimum atomic E-state index is -0.544. The second-order valence-electron chi connectivity index (χ2n) is 8.19. The van der Waals surface area contributed by atoms with Gasteiger partial charge in [-0.25, -0.2) is 14.2 Å². The minimum Gasteiger partial charge on any atom is -0.493 e. The molecule has 5 nitrogen and oxygen atoms in total. The third-order valence-corrected chi connectivity index (χ3v) is 6.33. The van der Waals surface area contributed by atoms with Crippen molar-refractivity contribution in [1.82, 2.24) is 0 Å². The average Bonchev–Trinajstić information content (AvgIpc) is 3.29. The van der Waals surface area contributed by atoms with Gasteiger partial charge in [-0.05, 0) is 69.0 Å². The molecule has 0 fully saturated rings. The van der Waals surface area contributed by atoms with Crippen molar-refractivity contribution in [2.75, 3.05) is 7.11 Å². The summed E-state index contributed by atoms with van der Waals surface area (Å²) in [6.45, 7) is 0.0328. The molecule has 0 saturated carbocycles. The van der Waals surface area contributed by atoms with Crippen LogP contribution in [0, 0.1) is 5.82 Å². The van der Waals surface area contributed by atoms with Gasteiger partial charge >= 0.3 is 5.97 Å². The predicted molar refractivity (Wildman–Crippen MR) is 144 cm³/mol. The fourth-order valence-electron chi connectivity index (χ4n) is 3.85. The van der Waals surface area contributed by atoms with E-state index in [1.54, 1.807) is 36.4 Å². The van der Waals surface area contributed by atoms with Crippen molar-refractivity contribution in [3.8, 4) is 22.6 Å². The average molecular weight is 558 g/mol. The van der Waals surface area contributed by atoms with Crippen LogP contribution in [0.1, 0.15) is 16.7 Å². The Labute approximate surface area is 222 Å². The summed E-state index contributed by atoms with van der Waals surface area (Å²) in [6, 6.07) is 27.6. The molecule has 1 aliphatic rings. The van der Waals surface area contributed by atoms with Crippen LogP contribution in [0.4, 0.5) is 4.39 Å². The smallest absolute Gasteiger partial charge is 0.363 e. The molecule has 0 aromatic heterocycles. The highest BCUT2D eigenvalue weighted by Gasteiger charge is 2.24. The molecule has 0 N–H and O–H groups in total. The summed E-state index contributed by atoms with van der Waals surface area (Å²) in [6.07, 6.45) is 1.61. The number of cyclic esters (lactones) is 1. The van der Waals surface area contributed by atoms with Crippen LogP contribution in [0.25, 0.3) is 17.2 Å². The van der Waals surface area contributed by atoms with Crippen LogP contribution in [0.15, 0.2) is 106 Å². The molecule has 1 aliphatic heterocycles. The molecule has 5 rings (SSSR count). The van der Waals surface area contributed by atoms with Crippen LogP contribution in [-0.4, -0.2) is 19.0 Å². The maximum absolute atomic E-state index is 14.0. The first-order valence-corrected chi connectivity index (χ1v) is 12.2. The predicted octanol–water partition coefficient (Wildman–Crippen LogP) is 7.19. The number of methoxy groups -OCH3 is 1. The lowest BCUT2D eigenvalue weighted by Crippen LogP contribution is -2.05. The largest absolute Gasteiger partial charge is 0.493 e. The highest BCUT2D eigenvalue weighted by atomic mass is 79.9. The van der Waals surface area contributed by atoms with E-state index in [4.69, 9.17) is 14.2 Å². The van der Waals surface area contributed by atoms with Gasteiger partial charge in [-0.15, -0.1) is 0 Å². The Morgan fingerprint density at radius 1 is 0.919 bits per heavy atom. The second kappa shape index (κ2) is 10.8. The molecule has 0 radical (unpaired) electrons. The summed E-state index contributed by atoms with van der Waals surface area (Å²) >= 11 is 3.49. The van der Waals surface area contributed by atoms with Gasteiger partial charge in [0.15, 0.2) is 17.2 Å². The third kappa shape index (κ3) is 5.47. The first-order valence-electron chi connectivity index (χ1n) is 11.4. The van der Waals surface area contributed by atoms with Crippen LogP contribution >= 0.6 is 15.9 Å². The van der Waals surface area contributed by atoms with Crippen LogP contribution in [0.5, 0.6) is 11.5 Å². The van der Waals surface area contributed by atoms with E-state index in [0.29, 0.717) is 32.7 Å². The van der Waals surface area contributed by atoms with Crippen molar-refractivity contribution in [1.29, 1.82) is 0 Å². The standard InChI is InChI=1S/C30H21BrFNO4/c1-35-27-17-19(15-24(31)28(27)36-18-23-9-5-6-10-25(23)32)16-26-30(34)37-29(33-26)22-13-11-21(12-14-22)20-7-3-2-4-8-20/h2-17H,18H2,1H3/b26-16-. The van der Waals surface area contributed by atoms with Crippen molar-refractivity contribution in [3.63, 3.8) is 0 Å². The summed E-state index contributed by atoms with van der Waals surface area (Å²) in [5, 5.41) is 0. The van der Waals surface area contributed by atoms with E-state index in [-0.39, 0.29) is 24.0 Å². The summed E-state index contributed by atoms with van der Waals surface area (Å²) in [4.78, 5) is 16.9. The molecule has 4 aromatic carbocycles. The SMILES string of the molecule is COc1cc(/C=C2\N=C(c3ccc(-c4ccccc4)cc3)OC2=O)cc(Br)c1OCc1ccccc1F. The Morgan fingerprint density at radius 2 is 1.59 bits per heavy atom. The van der Waals surface area contributed by atoms with Gasteiger partial charge in [0.2, 0.25) is 5.90 Å². The summed E-state index contributed by atoms with van der Waals surface area (Å²) < 4.78 is 31.3. The van der Waals surface area contributed by atoms with Gasteiger partial charge in [0.05, 0.1) is 11.6 Å². The van der Waals surface area contributed by atoms with Gasteiger partial charge in [0.1, 0.15) is 12.4 Å². The number of aliphatic imine (C=N–C) groups is 1. The van der Waals surface area contributed by atoms with Gasteiger partial charge < -0.3 is 14.2 Å². The number of carbonyl (C=O) groups excluding carboxylic acids is 1. The number of hydrogen-bond donors (Lipinski definition) is 0. The zero-order chi connectivity index (χ0) is 25.8. The Morgan fingerprint density at radius 3 is 2.32 bits per heavy atom. The molecule has 1 heterocycles. The zero-order valence-corrected chi connectivity index (χ0v) is 21.4. The van der Waals surface area contributed by atoms with Crippen LogP contribution in [-0.2, 0) is 16.1 Å².